The van der Waals surface area contributed by atoms with Gasteiger partial charge < -0.3 is 10.1 Å². The number of hydrogen-bond acceptors (Lipinski definition) is 5. The van der Waals surface area contributed by atoms with Gasteiger partial charge in [-0.05, 0) is 35.0 Å². The van der Waals surface area contributed by atoms with E-state index in [4.69, 9.17) is 4.74 Å². The van der Waals surface area contributed by atoms with Crippen molar-refractivity contribution in [1.82, 2.24) is 20.5 Å². The molecule has 0 atom stereocenters. The molecule has 0 bridgehead atoms. The summed E-state index contributed by atoms with van der Waals surface area (Å²) in [7, 11) is 0. The SMILES string of the molecule is CCNC(=O)c1ccc(Oc2cncc(Br)c2)nn1. The highest BCUT2D eigenvalue weighted by atomic mass is 79.9. The molecule has 1 amide bonds. The minimum atomic E-state index is -0.259. The molecule has 7 heteroatoms. The van der Waals surface area contributed by atoms with Crippen molar-refractivity contribution >= 4 is 21.8 Å². The van der Waals surface area contributed by atoms with E-state index < -0.39 is 0 Å². The third kappa shape index (κ3) is 3.72. The zero-order valence-corrected chi connectivity index (χ0v) is 11.7. The van der Waals surface area contributed by atoms with E-state index in [-0.39, 0.29) is 11.6 Å². The Morgan fingerprint density at radius 3 is 2.84 bits per heavy atom. The molecule has 98 valence electrons. The molecule has 0 aliphatic carbocycles. The number of nitrogens with zero attached hydrogens (tertiary/aromatic N) is 3. The molecule has 0 fully saturated rings. The lowest BCUT2D eigenvalue weighted by Crippen LogP contribution is -2.23. The Morgan fingerprint density at radius 1 is 1.37 bits per heavy atom. The van der Waals surface area contributed by atoms with Gasteiger partial charge in [0, 0.05) is 23.3 Å². The van der Waals surface area contributed by atoms with Crippen molar-refractivity contribution in [2.45, 2.75) is 6.92 Å². The van der Waals surface area contributed by atoms with Gasteiger partial charge in [-0.15, -0.1) is 10.2 Å². The summed E-state index contributed by atoms with van der Waals surface area (Å²) in [5, 5.41) is 10.3. The van der Waals surface area contributed by atoms with Crippen molar-refractivity contribution in [3.05, 3.63) is 40.8 Å². The Morgan fingerprint density at radius 2 is 2.21 bits per heavy atom. The average molecular weight is 323 g/mol. The summed E-state index contributed by atoms with van der Waals surface area (Å²) >= 11 is 3.29. The number of pyridine rings is 1. The topological polar surface area (TPSA) is 77.0 Å². The Balaban J connectivity index is 2.08. The second kappa shape index (κ2) is 6.24. The molecule has 0 aromatic carbocycles. The molecular weight excluding hydrogens is 312 g/mol. The van der Waals surface area contributed by atoms with Gasteiger partial charge in [-0.3, -0.25) is 9.78 Å². The van der Waals surface area contributed by atoms with Gasteiger partial charge in [0.2, 0.25) is 5.88 Å². The van der Waals surface area contributed by atoms with Crippen LogP contribution < -0.4 is 10.1 Å². The average Bonchev–Trinajstić information content (AvgIpc) is 2.40. The zero-order valence-electron chi connectivity index (χ0n) is 10.1. The van der Waals surface area contributed by atoms with Crippen LogP contribution in [0.1, 0.15) is 17.4 Å². The van der Waals surface area contributed by atoms with Gasteiger partial charge in [-0.1, -0.05) is 0 Å². The molecule has 2 rings (SSSR count). The van der Waals surface area contributed by atoms with Crippen molar-refractivity contribution in [2.75, 3.05) is 6.54 Å². The van der Waals surface area contributed by atoms with Crippen molar-refractivity contribution in [3.8, 4) is 11.6 Å². The summed E-state index contributed by atoms with van der Waals surface area (Å²) in [5.74, 6) is 0.577. The van der Waals surface area contributed by atoms with Gasteiger partial charge in [-0.25, -0.2) is 0 Å². The van der Waals surface area contributed by atoms with E-state index in [1.165, 1.54) is 0 Å². The van der Waals surface area contributed by atoms with E-state index in [0.717, 1.165) is 4.47 Å². The van der Waals surface area contributed by atoms with Gasteiger partial charge in [0.15, 0.2) is 5.69 Å². The highest BCUT2D eigenvalue weighted by Crippen LogP contribution is 2.21. The normalized spacial score (nSPS) is 10.0. The zero-order chi connectivity index (χ0) is 13.7. The summed E-state index contributed by atoms with van der Waals surface area (Å²) in [6.07, 6.45) is 3.21. The molecule has 0 saturated heterocycles. The first-order valence-electron chi connectivity index (χ1n) is 5.59. The van der Waals surface area contributed by atoms with Crippen LogP contribution in [0.15, 0.2) is 35.1 Å². The van der Waals surface area contributed by atoms with Crippen molar-refractivity contribution in [2.24, 2.45) is 0 Å². The number of nitrogens with one attached hydrogen (secondary N) is 1. The van der Waals surface area contributed by atoms with Crippen LogP contribution in [0.5, 0.6) is 11.6 Å². The first kappa shape index (κ1) is 13.4. The van der Waals surface area contributed by atoms with Gasteiger partial charge in [0.05, 0.1) is 6.20 Å². The lowest BCUT2D eigenvalue weighted by atomic mass is 10.3. The molecule has 0 radical (unpaired) electrons. The van der Waals surface area contributed by atoms with Crippen molar-refractivity contribution in [3.63, 3.8) is 0 Å². The van der Waals surface area contributed by atoms with Gasteiger partial charge in [-0.2, -0.15) is 0 Å². The summed E-state index contributed by atoms with van der Waals surface area (Å²) in [6, 6.07) is 4.89. The third-order valence-electron chi connectivity index (χ3n) is 2.11. The maximum absolute atomic E-state index is 11.5. The number of ether oxygens (including phenoxy) is 1. The lowest BCUT2D eigenvalue weighted by Gasteiger charge is -2.04. The third-order valence-corrected chi connectivity index (χ3v) is 2.55. The molecule has 19 heavy (non-hydrogen) atoms. The lowest BCUT2D eigenvalue weighted by molar-refractivity contribution is 0.0949. The maximum atomic E-state index is 11.5. The molecule has 0 spiro atoms. The van der Waals surface area contributed by atoms with Crippen LogP contribution >= 0.6 is 15.9 Å². The Kier molecular flexibility index (Phi) is 4.40. The Bertz CT molecular complexity index is 574. The molecule has 2 aromatic heterocycles. The molecule has 2 heterocycles. The van der Waals surface area contributed by atoms with Crippen molar-refractivity contribution < 1.29 is 9.53 Å². The van der Waals surface area contributed by atoms with Crippen LogP contribution in [0.4, 0.5) is 0 Å². The summed E-state index contributed by atoms with van der Waals surface area (Å²) in [6.45, 7) is 2.38. The van der Waals surface area contributed by atoms with Gasteiger partial charge in [0.25, 0.3) is 5.91 Å². The van der Waals surface area contributed by atoms with Gasteiger partial charge >= 0.3 is 0 Å². The van der Waals surface area contributed by atoms with Crippen LogP contribution in [0.25, 0.3) is 0 Å². The number of hydrogen-bond donors (Lipinski definition) is 1. The van der Waals surface area contributed by atoms with Crippen LogP contribution in [0, 0.1) is 0 Å². The molecule has 2 aromatic rings. The maximum Gasteiger partial charge on any atom is 0.271 e. The number of halogens is 1. The first-order chi connectivity index (χ1) is 9.19. The van der Waals surface area contributed by atoms with E-state index in [1.807, 2.05) is 6.92 Å². The summed E-state index contributed by atoms with van der Waals surface area (Å²) < 4.78 is 6.26. The molecule has 6 nitrogen and oxygen atoms in total. The molecule has 1 N–H and O–H groups in total. The molecule has 0 unspecified atom stereocenters. The fraction of sp³-hybridized carbons (Fsp3) is 0.167. The van der Waals surface area contributed by atoms with Crippen LogP contribution in [-0.2, 0) is 0 Å². The standard InChI is InChI=1S/C12H11BrN4O2/c1-2-15-12(18)10-3-4-11(17-16-10)19-9-5-8(13)6-14-7-9/h3-7H,2H2,1H3,(H,15,18). The fourth-order valence-electron chi connectivity index (χ4n) is 1.32. The van der Waals surface area contributed by atoms with Crippen LogP contribution in [0.2, 0.25) is 0 Å². The molecular formula is C12H11BrN4O2. The van der Waals surface area contributed by atoms with Crippen LogP contribution in [-0.4, -0.2) is 27.6 Å². The number of carbonyl (C=O) groups is 1. The Labute approximate surface area is 118 Å². The molecule has 0 aliphatic heterocycles. The van der Waals surface area contributed by atoms with E-state index in [9.17, 15) is 4.79 Å². The van der Waals surface area contributed by atoms with E-state index in [0.29, 0.717) is 18.2 Å². The monoisotopic (exact) mass is 322 g/mol. The van der Waals surface area contributed by atoms with Crippen molar-refractivity contribution in [1.29, 1.82) is 0 Å². The highest BCUT2D eigenvalue weighted by Gasteiger charge is 2.07. The number of carbonyl (C=O) groups excluding carboxylic acids is 1. The number of aromatic nitrogens is 3. The molecule has 0 aliphatic rings. The van der Waals surface area contributed by atoms with E-state index >= 15 is 0 Å². The predicted octanol–water partition coefficient (Wildman–Crippen LogP) is 2.18. The second-order valence-electron chi connectivity index (χ2n) is 3.56. The Hall–Kier alpha value is -2.02. The van der Waals surface area contributed by atoms with Gasteiger partial charge in [0.1, 0.15) is 5.75 Å². The summed E-state index contributed by atoms with van der Waals surface area (Å²) in [4.78, 5) is 15.5. The van der Waals surface area contributed by atoms with E-state index in [2.05, 4.69) is 36.4 Å². The quantitative estimate of drug-likeness (QED) is 0.933. The number of rotatable bonds is 4. The fourth-order valence-corrected chi connectivity index (χ4v) is 1.66. The minimum absolute atomic E-state index is 0.251. The highest BCUT2D eigenvalue weighted by molar-refractivity contribution is 9.10. The largest absolute Gasteiger partial charge is 0.436 e. The predicted molar refractivity (Wildman–Crippen MR) is 72.1 cm³/mol. The smallest absolute Gasteiger partial charge is 0.271 e. The first-order valence-corrected chi connectivity index (χ1v) is 6.38. The minimum Gasteiger partial charge on any atom is -0.436 e. The second-order valence-corrected chi connectivity index (χ2v) is 4.47. The summed E-state index contributed by atoms with van der Waals surface area (Å²) in [5.41, 5.74) is 0.251. The van der Waals surface area contributed by atoms with Crippen LogP contribution in [0.3, 0.4) is 0 Å². The van der Waals surface area contributed by atoms with E-state index in [1.54, 1.807) is 30.6 Å². The molecule has 0 saturated carbocycles. The number of amides is 1.